The average Bonchev–Trinajstić information content (AvgIpc) is 2.70. The van der Waals surface area contributed by atoms with Crippen molar-refractivity contribution in [3.05, 3.63) is 56.5 Å². The van der Waals surface area contributed by atoms with Crippen molar-refractivity contribution < 1.29 is 9.50 Å². The van der Waals surface area contributed by atoms with Crippen LogP contribution in [0.1, 0.15) is 22.1 Å². The molecule has 0 aliphatic rings. The lowest BCUT2D eigenvalue weighted by Crippen LogP contribution is -2.02. The van der Waals surface area contributed by atoms with Crippen molar-refractivity contribution in [3.8, 4) is 0 Å². The van der Waals surface area contributed by atoms with Gasteiger partial charge in [0.1, 0.15) is 5.82 Å². The number of rotatable bonds is 3. The molecule has 0 spiro atoms. The molecule has 4 heteroatoms. The molecule has 17 heavy (non-hydrogen) atoms. The van der Waals surface area contributed by atoms with Crippen molar-refractivity contribution in [2.75, 3.05) is 0 Å². The van der Waals surface area contributed by atoms with E-state index in [0.29, 0.717) is 17.0 Å². The smallest absolute Gasteiger partial charge is 0.123 e. The fraction of sp³-hybridized carbons (Fsp3) is 0.231. The Hall–Kier alpha value is -0.900. The summed E-state index contributed by atoms with van der Waals surface area (Å²) in [6.45, 7) is 1.95. The van der Waals surface area contributed by atoms with Crippen LogP contribution in [-0.4, -0.2) is 5.11 Å². The van der Waals surface area contributed by atoms with Crippen molar-refractivity contribution in [3.63, 3.8) is 0 Å². The van der Waals surface area contributed by atoms with E-state index in [1.54, 1.807) is 0 Å². The Labute approximate surface area is 108 Å². The van der Waals surface area contributed by atoms with Crippen LogP contribution in [0.25, 0.3) is 0 Å². The first-order valence-electron chi connectivity index (χ1n) is 5.24. The van der Waals surface area contributed by atoms with Gasteiger partial charge in [-0.3, -0.25) is 0 Å². The third kappa shape index (κ3) is 2.86. The highest BCUT2D eigenvalue weighted by molar-refractivity contribution is 7.10. The maximum absolute atomic E-state index is 13.1. The molecule has 0 fully saturated rings. The van der Waals surface area contributed by atoms with Crippen molar-refractivity contribution in [1.29, 1.82) is 0 Å². The quantitative estimate of drug-likeness (QED) is 0.889. The van der Waals surface area contributed by atoms with Crippen LogP contribution in [0.4, 0.5) is 4.39 Å². The van der Waals surface area contributed by atoms with Crippen LogP contribution < -0.4 is 0 Å². The van der Waals surface area contributed by atoms with E-state index in [1.807, 2.05) is 18.4 Å². The van der Waals surface area contributed by atoms with Crippen LogP contribution in [0.15, 0.2) is 29.6 Å². The summed E-state index contributed by atoms with van der Waals surface area (Å²) >= 11 is 7.47. The molecule has 0 aliphatic carbocycles. The Kier molecular flexibility index (Phi) is 3.82. The van der Waals surface area contributed by atoms with Crippen molar-refractivity contribution in [2.24, 2.45) is 0 Å². The van der Waals surface area contributed by atoms with E-state index in [4.69, 9.17) is 11.6 Å². The Bertz CT molecular complexity index is 524. The number of hydrogen-bond acceptors (Lipinski definition) is 2. The summed E-state index contributed by atoms with van der Waals surface area (Å²) in [6, 6.07) is 6.15. The van der Waals surface area contributed by atoms with E-state index in [-0.39, 0.29) is 5.82 Å². The molecule has 0 aliphatic heterocycles. The van der Waals surface area contributed by atoms with Gasteiger partial charge in [0.05, 0.1) is 6.10 Å². The van der Waals surface area contributed by atoms with E-state index in [2.05, 4.69) is 0 Å². The molecule has 0 amide bonds. The van der Waals surface area contributed by atoms with Gasteiger partial charge in [-0.2, -0.15) is 0 Å². The lowest BCUT2D eigenvalue weighted by atomic mass is 10.0. The Morgan fingerprint density at radius 2 is 2.18 bits per heavy atom. The van der Waals surface area contributed by atoms with Crippen molar-refractivity contribution in [2.45, 2.75) is 19.4 Å². The molecule has 1 aromatic heterocycles. The molecule has 90 valence electrons. The molecule has 1 heterocycles. The highest BCUT2D eigenvalue weighted by Crippen LogP contribution is 2.29. The number of aliphatic hydroxyl groups excluding tert-OH is 1. The Morgan fingerprint density at radius 1 is 1.41 bits per heavy atom. The molecule has 0 saturated heterocycles. The predicted octanol–water partition coefficient (Wildman–Crippen LogP) is 4.13. The summed E-state index contributed by atoms with van der Waals surface area (Å²) in [5.74, 6) is -0.334. The normalized spacial score (nSPS) is 12.7. The number of aryl methyl sites for hydroxylation is 1. The van der Waals surface area contributed by atoms with Gasteiger partial charge in [0.2, 0.25) is 0 Å². The average molecular weight is 271 g/mol. The Morgan fingerprint density at radius 3 is 2.82 bits per heavy atom. The number of aliphatic hydroxyl groups is 1. The third-order valence-electron chi connectivity index (χ3n) is 2.63. The second-order valence-corrected chi connectivity index (χ2v) is 5.28. The van der Waals surface area contributed by atoms with Gasteiger partial charge in [-0.1, -0.05) is 11.6 Å². The summed E-state index contributed by atoms with van der Waals surface area (Å²) in [4.78, 5) is 0.908. The van der Waals surface area contributed by atoms with Gasteiger partial charge in [0, 0.05) is 16.3 Å². The van der Waals surface area contributed by atoms with Gasteiger partial charge in [-0.25, -0.2) is 4.39 Å². The second kappa shape index (κ2) is 5.17. The fourth-order valence-electron chi connectivity index (χ4n) is 1.73. The molecule has 0 saturated carbocycles. The first-order valence-corrected chi connectivity index (χ1v) is 6.49. The van der Waals surface area contributed by atoms with E-state index in [9.17, 15) is 9.50 Å². The zero-order valence-corrected chi connectivity index (χ0v) is 10.9. The summed E-state index contributed by atoms with van der Waals surface area (Å²) in [5.41, 5.74) is 1.68. The lowest BCUT2D eigenvalue weighted by molar-refractivity contribution is 0.181. The minimum atomic E-state index is -0.630. The maximum atomic E-state index is 13.1. The minimum absolute atomic E-state index is 0.331. The number of thiophene rings is 1. The van der Waals surface area contributed by atoms with Gasteiger partial charge < -0.3 is 5.11 Å². The maximum Gasteiger partial charge on any atom is 0.123 e. The summed E-state index contributed by atoms with van der Waals surface area (Å²) in [6.07, 6.45) is -0.299. The van der Waals surface area contributed by atoms with Crippen molar-refractivity contribution >= 4 is 22.9 Å². The molecule has 1 aromatic carbocycles. The third-order valence-corrected chi connectivity index (χ3v) is 4.11. The molecule has 0 bridgehead atoms. The molecule has 1 atom stereocenters. The monoisotopic (exact) mass is 270 g/mol. The van der Waals surface area contributed by atoms with Crippen LogP contribution in [0.5, 0.6) is 0 Å². The molecular weight excluding hydrogens is 259 g/mol. The van der Waals surface area contributed by atoms with Gasteiger partial charge >= 0.3 is 0 Å². The molecule has 2 aromatic rings. The van der Waals surface area contributed by atoms with Gasteiger partial charge in [-0.15, -0.1) is 11.3 Å². The lowest BCUT2D eigenvalue weighted by Gasteiger charge is -2.11. The molecule has 0 radical (unpaired) electrons. The summed E-state index contributed by atoms with van der Waals surface area (Å²) in [7, 11) is 0. The summed E-state index contributed by atoms with van der Waals surface area (Å²) < 4.78 is 13.1. The zero-order chi connectivity index (χ0) is 12.4. The van der Waals surface area contributed by atoms with Crippen LogP contribution in [0, 0.1) is 12.7 Å². The number of hydrogen-bond donors (Lipinski definition) is 1. The summed E-state index contributed by atoms with van der Waals surface area (Å²) in [5, 5.41) is 12.5. The van der Waals surface area contributed by atoms with Crippen molar-refractivity contribution in [1.82, 2.24) is 0 Å². The first kappa shape index (κ1) is 12.6. The van der Waals surface area contributed by atoms with Gasteiger partial charge in [0.25, 0.3) is 0 Å². The Balaban J connectivity index is 2.21. The van der Waals surface area contributed by atoms with E-state index < -0.39 is 6.10 Å². The van der Waals surface area contributed by atoms with Crippen LogP contribution in [0.2, 0.25) is 5.02 Å². The largest absolute Gasteiger partial charge is 0.387 e. The molecule has 1 N–H and O–H groups in total. The fourth-order valence-corrected chi connectivity index (χ4v) is 2.83. The molecule has 1 unspecified atom stereocenters. The predicted molar refractivity (Wildman–Crippen MR) is 69.1 cm³/mol. The van der Waals surface area contributed by atoms with Crippen LogP contribution in [0.3, 0.4) is 0 Å². The standard InChI is InChI=1S/C13H12ClFOS/c1-8-4-5-17-13(8)12(16)7-9-6-10(15)2-3-11(9)14/h2-6,12,16H,7H2,1H3. The first-order chi connectivity index (χ1) is 8.08. The molecule has 1 nitrogen and oxygen atoms in total. The topological polar surface area (TPSA) is 20.2 Å². The van der Waals surface area contributed by atoms with E-state index in [1.165, 1.54) is 29.5 Å². The zero-order valence-electron chi connectivity index (χ0n) is 9.28. The van der Waals surface area contributed by atoms with Gasteiger partial charge in [0.15, 0.2) is 0 Å². The van der Waals surface area contributed by atoms with Crippen LogP contribution in [-0.2, 0) is 6.42 Å². The minimum Gasteiger partial charge on any atom is -0.387 e. The highest BCUT2D eigenvalue weighted by Gasteiger charge is 2.14. The van der Waals surface area contributed by atoms with E-state index in [0.717, 1.165) is 10.4 Å². The molecule has 2 rings (SSSR count). The second-order valence-electron chi connectivity index (χ2n) is 3.92. The van der Waals surface area contributed by atoms with Crippen LogP contribution >= 0.6 is 22.9 Å². The SMILES string of the molecule is Cc1ccsc1C(O)Cc1cc(F)ccc1Cl. The van der Waals surface area contributed by atoms with Gasteiger partial charge in [-0.05, 0) is 47.7 Å². The highest BCUT2D eigenvalue weighted by atomic mass is 35.5. The molecular formula is C13H12ClFOS. The number of halogens is 2. The number of benzene rings is 1. The van der Waals surface area contributed by atoms with E-state index >= 15 is 0 Å².